The Balaban J connectivity index is 2.40. The number of aromatic nitrogens is 3. The molecule has 0 saturated carbocycles. The van der Waals surface area contributed by atoms with Crippen LogP contribution in [0.15, 0.2) is 28.9 Å². The Kier molecular flexibility index (Phi) is 3.04. The Morgan fingerprint density at radius 3 is 2.87 bits per heavy atom. The lowest BCUT2D eigenvalue weighted by Crippen LogP contribution is -1.94. The lowest BCUT2D eigenvalue weighted by Gasteiger charge is -2.01. The van der Waals surface area contributed by atoms with Crippen LogP contribution in [0.5, 0.6) is 0 Å². The highest BCUT2D eigenvalue weighted by Crippen LogP contribution is 2.24. The zero-order valence-corrected chi connectivity index (χ0v) is 9.90. The fourth-order valence-corrected chi connectivity index (χ4v) is 1.61. The molecule has 6 heteroatoms. The zero-order valence-electron chi connectivity index (χ0n) is 7.56. The van der Waals surface area contributed by atoms with E-state index >= 15 is 0 Å². The van der Waals surface area contributed by atoms with Gasteiger partial charge in [-0.3, -0.25) is 0 Å². The van der Waals surface area contributed by atoms with Crippen molar-refractivity contribution in [1.29, 1.82) is 0 Å². The summed E-state index contributed by atoms with van der Waals surface area (Å²) < 4.78 is 2.37. The molecule has 1 N–H and O–H groups in total. The molecule has 0 saturated heterocycles. The van der Waals surface area contributed by atoms with Crippen molar-refractivity contribution < 1.29 is 5.11 Å². The smallest absolute Gasteiger partial charge is 0.109 e. The average molecular weight is 289 g/mol. The van der Waals surface area contributed by atoms with E-state index in [4.69, 9.17) is 16.7 Å². The molecular weight excluding hydrogens is 281 g/mol. The van der Waals surface area contributed by atoms with Crippen molar-refractivity contribution in [1.82, 2.24) is 15.0 Å². The number of benzene rings is 1. The molecule has 0 amide bonds. The Labute approximate surface area is 99.6 Å². The van der Waals surface area contributed by atoms with E-state index < -0.39 is 0 Å². The van der Waals surface area contributed by atoms with Crippen LogP contribution in [0.1, 0.15) is 5.69 Å². The van der Waals surface area contributed by atoms with Gasteiger partial charge in [-0.2, -0.15) is 0 Å². The molecule has 0 bridgehead atoms. The summed E-state index contributed by atoms with van der Waals surface area (Å²) >= 11 is 9.19. The summed E-state index contributed by atoms with van der Waals surface area (Å²) in [6, 6.07) is 5.42. The fourth-order valence-electron chi connectivity index (χ4n) is 1.12. The molecule has 0 aliphatic heterocycles. The minimum Gasteiger partial charge on any atom is -0.390 e. The van der Waals surface area contributed by atoms with Gasteiger partial charge in [-0.1, -0.05) is 16.8 Å². The third-order valence-corrected chi connectivity index (χ3v) is 3.08. The second-order valence-corrected chi connectivity index (χ2v) is 4.17. The van der Waals surface area contributed by atoms with Gasteiger partial charge in [0.2, 0.25) is 0 Å². The molecule has 0 unspecified atom stereocenters. The quantitative estimate of drug-likeness (QED) is 0.921. The molecule has 0 aliphatic rings. The molecule has 1 heterocycles. The van der Waals surface area contributed by atoms with Gasteiger partial charge in [-0.05, 0) is 34.1 Å². The lowest BCUT2D eigenvalue weighted by molar-refractivity contribution is 0.276. The van der Waals surface area contributed by atoms with Gasteiger partial charge in [0.05, 0.1) is 23.5 Å². The third-order valence-electron chi connectivity index (χ3n) is 1.87. The summed E-state index contributed by atoms with van der Waals surface area (Å²) in [5.41, 5.74) is 1.36. The molecule has 0 fully saturated rings. The van der Waals surface area contributed by atoms with Crippen molar-refractivity contribution in [2.24, 2.45) is 0 Å². The molecule has 0 atom stereocenters. The Hall–Kier alpha value is -0.910. The largest absolute Gasteiger partial charge is 0.390 e. The fraction of sp³-hybridized carbons (Fsp3) is 0.111. The molecule has 78 valence electrons. The highest BCUT2D eigenvalue weighted by Gasteiger charge is 2.03. The van der Waals surface area contributed by atoms with Crippen LogP contribution < -0.4 is 0 Å². The van der Waals surface area contributed by atoms with Gasteiger partial charge in [0, 0.05) is 4.47 Å². The maximum absolute atomic E-state index is 8.85. The third kappa shape index (κ3) is 2.19. The van der Waals surface area contributed by atoms with Gasteiger partial charge in [0.25, 0.3) is 0 Å². The highest BCUT2D eigenvalue weighted by molar-refractivity contribution is 9.10. The summed E-state index contributed by atoms with van der Waals surface area (Å²) in [5, 5.41) is 17.1. The zero-order chi connectivity index (χ0) is 10.8. The number of hydrogen-bond acceptors (Lipinski definition) is 3. The highest BCUT2D eigenvalue weighted by atomic mass is 79.9. The number of nitrogens with zero attached hydrogens (tertiary/aromatic N) is 3. The van der Waals surface area contributed by atoms with E-state index in [1.54, 1.807) is 16.9 Å². The van der Waals surface area contributed by atoms with Crippen molar-refractivity contribution in [3.8, 4) is 5.69 Å². The molecule has 15 heavy (non-hydrogen) atoms. The summed E-state index contributed by atoms with van der Waals surface area (Å²) in [6.07, 6.45) is 1.66. The van der Waals surface area contributed by atoms with Gasteiger partial charge in [0.15, 0.2) is 0 Å². The van der Waals surface area contributed by atoms with Crippen LogP contribution in [0.2, 0.25) is 5.02 Å². The summed E-state index contributed by atoms with van der Waals surface area (Å²) in [6.45, 7) is -0.116. The molecular formula is C9H7BrClN3O. The van der Waals surface area contributed by atoms with E-state index in [1.165, 1.54) is 0 Å². The molecule has 1 aromatic heterocycles. The topological polar surface area (TPSA) is 50.9 Å². The van der Waals surface area contributed by atoms with Crippen LogP contribution in [0.4, 0.5) is 0 Å². The number of rotatable bonds is 2. The van der Waals surface area contributed by atoms with Gasteiger partial charge >= 0.3 is 0 Å². The maximum Gasteiger partial charge on any atom is 0.109 e. The van der Waals surface area contributed by atoms with Gasteiger partial charge in [0.1, 0.15) is 5.69 Å². The van der Waals surface area contributed by atoms with Crippen molar-refractivity contribution >= 4 is 27.5 Å². The van der Waals surface area contributed by atoms with Gasteiger partial charge < -0.3 is 5.11 Å². The van der Waals surface area contributed by atoms with Crippen LogP contribution in [0.25, 0.3) is 5.69 Å². The summed E-state index contributed by atoms with van der Waals surface area (Å²) in [5.74, 6) is 0. The second-order valence-electron chi connectivity index (χ2n) is 2.91. The van der Waals surface area contributed by atoms with Gasteiger partial charge in [-0.25, -0.2) is 4.68 Å². The van der Waals surface area contributed by atoms with E-state index in [2.05, 4.69) is 26.2 Å². The minimum atomic E-state index is -0.116. The summed E-state index contributed by atoms with van der Waals surface area (Å²) in [4.78, 5) is 0. The molecule has 4 nitrogen and oxygen atoms in total. The number of aliphatic hydroxyl groups is 1. The van der Waals surface area contributed by atoms with E-state index in [-0.39, 0.29) is 6.61 Å². The molecule has 1 aromatic carbocycles. The molecule has 2 rings (SSSR count). The standard InChI is InChI=1S/C9H7BrClN3O/c10-8-3-7(1-2-9(8)11)14-4-6(5-15)12-13-14/h1-4,15H,5H2. The first kappa shape index (κ1) is 10.6. The van der Waals surface area contributed by atoms with E-state index in [9.17, 15) is 0 Å². The lowest BCUT2D eigenvalue weighted by atomic mass is 10.3. The normalized spacial score (nSPS) is 10.6. The number of aliphatic hydroxyl groups excluding tert-OH is 1. The van der Waals surface area contributed by atoms with Crippen molar-refractivity contribution in [3.05, 3.63) is 39.6 Å². The predicted molar refractivity (Wildman–Crippen MR) is 60.0 cm³/mol. The summed E-state index contributed by atoms with van der Waals surface area (Å²) in [7, 11) is 0. The van der Waals surface area contributed by atoms with Crippen LogP contribution in [-0.4, -0.2) is 20.1 Å². The number of halogens is 2. The molecule has 0 aliphatic carbocycles. The van der Waals surface area contributed by atoms with Crippen LogP contribution in [-0.2, 0) is 6.61 Å². The Bertz CT molecular complexity index is 486. The molecule has 0 spiro atoms. The van der Waals surface area contributed by atoms with Crippen molar-refractivity contribution in [2.45, 2.75) is 6.61 Å². The minimum absolute atomic E-state index is 0.116. The predicted octanol–water partition coefficient (Wildman–Crippen LogP) is 2.18. The van der Waals surface area contributed by atoms with Gasteiger partial charge in [-0.15, -0.1) is 5.10 Å². The maximum atomic E-state index is 8.85. The number of hydrogen-bond donors (Lipinski definition) is 1. The molecule has 0 radical (unpaired) electrons. The Morgan fingerprint density at radius 2 is 2.27 bits per heavy atom. The monoisotopic (exact) mass is 287 g/mol. The van der Waals surface area contributed by atoms with Crippen LogP contribution >= 0.6 is 27.5 Å². The first-order chi connectivity index (χ1) is 7.20. The molecule has 2 aromatic rings. The van der Waals surface area contributed by atoms with Crippen LogP contribution in [0, 0.1) is 0 Å². The van der Waals surface area contributed by atoms with E-state index in [0.29, 0.717) is 10.7 Å². The first-order valence-electron chi connectivity index (χ1n) is 4.18. The SMILES string of the molecule is OCc1cn(-c2ccc(Cl)c(Br)c2)nn1. The van der Waals surface area contributed by atoms with Crippen molar-refractivity contribution in [2.75, 3.05) is 0 Å². The second kappa shape index (κ2) is 4.30. The van der Waals surface area contributed by atoms with E-state index in [0.717, 1.165) is 10.2 Å². The average Bonchev–Trinajstić information content (AvgIpc) is 2.70. The first-order valence-corrected chi connectivity index (χ1v) is 5.35. The van der Waals surface area contributed by atoms with E-state index in [1.807, 2.05) is 12.1 Å². The Morgan fingerprint density at radius 1 is 1.47 bits per heavy atom. The van der Waals surface area contributed by atoms with Crippen LogP contribution in [0.3, 0.4) is 0 Å². The van der Waals surface area contributed by atoms with Crippen molar-refractivity contribution in [3.63, 3.8) is 0 Å².